The molecule has 2 N–H and O–H groups in total. The van der Waals surface area contributed by atoms with Crippen LogP contribution in [-0.4, -0.2) is 39.6 Å². The van der Waals surface area contributed by atoms with E-state index in [1.165, 1.54) is 11.3 Å². The highest BCUT2D eigenvalue weighted by molar-refractivity contribution is 5.48. The Balaban J connectivity index is 0.000000491. The lowest BCUT2D eigenvalue weighted by Gasteiger charge is -2.30. The van der Waals surface area contributed by atoms with Crippen LogP contribution >= 0.6 is 0 Å². The molecular formula is C16H26F2N2O. The second kappa shape index (κ2) is 9.68. The summed E-state index contributed by atoms with van der Waals surface area (Å²) in [6, 6.07) is 8.38. The van der Waals surface area contributed by atoms with Crippen LogP contribution in [0.5, 0.6) is 0 Å². The summed E-state index contributed by atoms with van der Waals surface area (Å²) in [6.07, 6.45) is 0.812. The number of methoxy groups -OCH3 is 1. The zero-order valence-corrected chi connectivity index (χ0v) is 12.9. The van der Waals surface area contributed by atoms with Crippen molar-refractivity contribution in [1.82, 2.24) is 0 Å². The molecule has 1 saturated heterocycles. The minimum atomic E-state index is -0.612. The maximum atomic E-state index is 13.0. The number of nitrogens with zero attached hydrogens (tertiary/aromatic N) is 1. The maximum absolute atomic E-state index is 13.0. The topological polar surface area (TPSA) is 38.5 Å². The Morgan fingerprint density at radius 2 is 1.81 bits per heavy atom. The molecule has 0 spiro atoms. The Labute approximate surface area is 126 Å². The van der Waals surface area contributed by atoms with Gasteiger partial charge < -0.3 is 15.4 Å². The van der Waals surface area contributed by atoms with Crippen molar-refractivity contribution in [2.75, 3.05) is 38.3 Å². The molecule has 21 heavy (non-hydrogen) atoms. The van der Waals surface area contributed by atoms with Gasteiger partial charge in [0.1, 0.15) is 12.8 Å². The van der Waals surface area contributed by atoms with Crippen molar-refractivity contribution in [2.45, 2.75) is 32.0 Å². The fourth-order valence-electron chi connectivity index (χ4n) is 2.20. The lowest BCUT2D eigenvalue weighted by molar-refractivity contribution is 0.119. The van der Waals surface area contributed by atoms with Crippen molar-refractivity contribution in [3.63, 3.8) is 0 Å². The lowest BCUT2D eigenvalue weighted by atomic mass is 10.1. The SMILES string of the molecule is COC(C)c1ccc(N2CCC(F)CC2)cc1.NCCF. The van der Waals surface area contributed by atoms with E-state index in [4.69, 9.17) is 4.74 Å². The number of nitrogens with two attached hydrogens (primary N) is 1. The summed E-state index contributed by atoms with van der Waals surface area (Å²) in [4.78, 5) is 2.25. The Kier molecular flexibility index (Phi) is 8.23. The second-order valence-electron chi connectivity index (χ2n) is 5.11. The molecule has 1 aromatic rings. The van der Waals surface area contributed by atoms with Crippen LogP contribution in [0.2, 0.25) is 0 Å². The second-order valence-corrected chi connectivity index (χ2v) is 5.11. The average Bonchev–Trinajstić information content (AvgIpc) is 2.55. The average molecular weight is 300 g/mol. The number of ether oxygens (including phenoxy) is 1. The molecule has 1 fully saturated rings. The first kappa shape index (κ1) is 17.9. The van der Waals surface area contributed by atoms with Crippen LogP contribution in [0.1, 0.15) is 31.4 Å². The predicted octanol–water partition coefficient (Wildman–Crippen LogP) is 3.25. The van der Waals surface area contributed by atoms with Crippen molar-refractivity contribution in [3.8, 4) is 0 Å². The minimum Gasteiger partial charge on any atom is -0.377 e. The van der Waals surface area contributed by atoms with E-state index in [2.05, 4.69) is 34.9 Å². The van der Waals surface area contributed by atoms with Crippen LogP contribution < -0.4 is 10.6 Å². The van der Waals surface area contributed by atoms with Crippen LogP contribution in [0, 0.1) is 0 Å². The van der Waals surface area contributed by atoms with Crippen molar-refractivity contribution in [3.05, 3.63) is 29.8 Å². The van der Waals surface area contributed by atoms with Gasteiger partial charge in [-0.25, -0.2) is 8.78 Å². The molecule has 2 rings (SSSR count). The van der Waals surface area contributed by atoms with Gasteiger partial charge in [0.05, 0.1) is 6.10 Å². The van der Waals surface area contributed by atoms with E-state index in [1.807, 2.05) is 6.92 Å². The largest absolute Gasteiger partial charge is 0.377 e. The van der Waals surface area contributed by atoms with Gasteiger partial charge in [0.25, 0.3) is 0 Å². The number of anilines is 1. The van der Waals surface area contributed by atoms with E-state index < -0.39 is 12.8 Å². The molecule has 0 radical (unpaired) electrons. The van der Waals surface area contributed by atoms with Crippen molar-refractivity contribution >= 4 is 5.69 Å². The molecule has 1 heterocycles. The Hall–Kier alpha value is -1.20. The fraction of sp³-hybridized carbons (Fsp3) is 0.625. The van der Waals surface area contributed by atoms with E-state index in [1.54, 1.807) is 7.11 Å². The molecule has 1 aliphatic heterocycles. The molecule has 0 amide bonds. The predicted molar refractivity (Wildman–Crippen MR) is 83.2 cm³/mol. The number of piperidine rings is 1. The van der Waals surface area contributed by atoms with Gasteiger partial charge in [-0.2, -0.15) is 0 Å². The first-order valence-electron chi connectivity index (χ1n) is 7.40. The molecule has 3 nitrogen and oxygen atoms in total. The summed E-state index contributed by atoms with van der Waals surface area (Å²) in [5.41, 5.74) is 7.01. The summed E-state index contributed by atoms with van der Waals surface area (Å²) in [5.74, 6) is 0. The number of halogens is 2. The highest BCUT2D eigenvalue weighted by atomic mass is 19.1. The third-order valence-corrected chi connectivity index (χ3v) is 3.61. The van der Waals surface area contributed by atoms with E-state index >= 15 is 0 Å². The normalized spacial score (nSPS) is 17.1. The van der Waals surface area contributed by atoms with Crippen molar-refractivity contribution < 1.29 is 13.5 Å². The third-order valence-electron chi connectivity index (χ3n) is 3.61. The van der Waals surface area contributed by atoms with Crippen LogP contribution in [0.25, 0.3) is 0 Å². The number of rotatable bonds is 4. The van der Waals surface area contributed by atoms with Gasteiger partial charge in [-0.1, -0.05) is 12.1 Å². The molecule has 1 aliphatic rings. The molecular weight excluding hydrogens is 274 g/mol. The zero-order valence-electron chi connectivity index (χ0n) is 12.9. The summed E-state index contributed by atoms with van der Waals surface area (Å²) < 4.78 is 28.9. The van der Waals surface area contributed by atoms with E-state index in [0.717, 1.165) is 13.1 Å². The van der Waals surface area contributed by atoms with E-state index in [9.17, 15) is 8.78 Å². The fourth-order valence-corrected chi connectivity index (χ4v) is 2.20. The van der Waals surface area contributed by atoms with Crippen LogP contribution in [0.15, 0.2) is 24.3 Å². The Morgan fingerprint density at radius 3 is 2.24 bits per heavy atom. The maximum Gasteiger partial charge on any atom is 0.103 e. The number of hydrogen-bond acceptors (Lipinski definition) is 3. The third kappa shape index (κ3) is 5.98. The molecule has 1 aromatic carbocycles. The lowest BCUT2D eigenvalue weighted by Crippen LogP contribution is -2.34. The van der Waals surface area contributed by atoms with E-state index in [-0.39, 0.29) is 12.6 Å². The Morgan fingerprint density at radius 1 is 1.29 bits per heavy atom. The van der Waals surface area contributed by atoms with Gasteiger partial charge in [-0.3, -0.25) is 0 Å². The highest BCUT2D eigenvalue weighted by Gasteiger charge is 2.18. The standard InChI is InChI=1S/C14H20FNO.C2H6FN/c1-11(17-2)12-3-5-14(6-4-12)16-9-7-13(15)8-10-16;3-1-2-4/h3-6,11,13H,7-10H2,1-2H3;1-2,4H2. The van der Waals surface area contributed by atoms with Crippen LogP contribution in [0.3, 0.4) is 0 Å². The molecule has 5 heteroatoms. The summed E-state index contributed by atoms with van der Waals surface area (Å²) in [6.45, 7) is 3.42. The van der Waals surface area contributed by atoms with Gasteiger partial charge in [0, 0.05) is 32.4 Å². The van der Waals surface area contributed by atoms with Crippen LogP contribution in [-0.2, 0) is 4.74 Å². The zero-order chi connectivity index (χ0) is 15.7. The smallest absolute Gasteiger partial charge is 0.103 e. The summed E-state index contributed by atoms with van der Waals surface area (Å²) >= 11 is 0. The first-order chi connectivity index (χ1) is 10.1. The van der Waals surface area contributed by atoms with Gasteiger partial charge in [0.15, 0.2) is 0 Å². The molecule has 0 bridgehead atoms. The molecule has 0 aliphatic carbocycles. The van der Waals surface area contributed by atoms with E-state index in [0.29, 0.717) is 12.8 Å². The summed E-state index contributed by atoms with van der Waals surface area (Å²) in [7, 11) is 1.71. The highest BCUT2D eigenvalue weighted by Crippen LogP contribution is 2.24. The number of alkyl halides is 2. The monoisotopic (exact) mass is 300 g/mol. The van der Waals surface area contributed by atoms with Gasteiger partial charge in [-0.15, -0.1) is 0 Å². The molecule has 0 aromatic heterocycles. The van der Waals surface area contributed by atoms with Gasteiger partial charge in [0.2, 0.25) is 0 Å². The number of hydrogen-bond donors (Lipinski definition) is 1. The molecule has 0 saturated carbocycles. The summed E-state index contributed by atoms with van der Waals surface area (Å²) in [5, 5.41) is 0. The number of benzene rings is 1. The molecule has 1 atom stereocenters. The van der Waals surface area contributed by atoms with Crippen molar-refractivity contribution in [2.24, 2.45) is 5.73 Å². The van der Waals surface area contributed by atoms with Crippen molar-refractivity contribution in [1.29, 1.82) is 0 Å². The minimum absolute atomic E-state index is 0.126. The first-order valence-corrected chi connectivity index (χ1v) is 7.40. The molecule has 1 unspecified atom stereocenters. The van der Waals surface area contributed by atoms with Gasteiger partial charge in [-0.05, 0) is 37.5 Å². The quantitative estimate of drug-likeness (QED) is 0.927. The molecule has 120 valence electrons. The van der Waals surface area contributed by atoms with Gasteiger partial charge >= 0.3 is 0 Å². The Bertz CT molecular complexity index is 376. The van der Waals surface area contributed by atoms with Crippen LogP contribution in [0.4, 0.5) is 14.5 Å².